The van der Waals surface area contributed by atoms with Gasteiger partial charge in [0.25, 0.3) is 5.91 Å². The maximum Gasteiger partial charge on any atom is 0.276 e. The normalized spacial score (nSPS) is 22.3. The lowest BCUT2D eigenvalue weighted by Gasteiger charge is -2.35. The molecule has 2 saturated heterocycles. The lowest BCUT2D eigenvalue weighted by molar-refractivity contribution is 0.0604. The second-order valence-electron chi connectivity index (χ2n) is 6.99. The van der Waals surface area contributed by atoms with E-state index in [0.717, 1.165) is 63.0 Å². The van der Waals surface area contributed by atoms with Gasteiger partial charge in [-0.1, -0.05) is 5.21 Å². The lowest BCUT2D eigenvalue weighted by Crippen LogP contribution is -2.39. The Hall–Kier alpha value is -2.22. The number of rotatable bonds is 3. The summed E-state index contributed by atoms with van der Waals surface area (Å²) in [6, 6.07) is 0.407. The molecule has 0 aromatic carbocycles. The van der Waals surface area contributed by atoms with E-state index < -0.39 is 0 Å². The number of hydrogen-bond donors (Lipinski definition) is 2. The number of carbonyl (C=O) groups excluding carboxylic acids is 1. The van der Waals surface area contributed by atoms with Crippen LogP contribution >= 0.6 is 0 Å². The SMILES string of the molecule is Cc1c(C(=O)N2CCCCC2c2cn[nH]c2)nnn1C1CCNCC1. The second kappa shape index (κ2) is 6.95. The molecule has 2 aromatic heterocycles. The van der Waals surface area contributed by atoms with Crippen LogP contribution in [0.4, 0.5) is 0 Å². The number of carbonyl (C=O) groups is 1. The third-order valence-corrected chi connectivity index (χ3v) is 5.45. The zero-order valence-corrected chi connectivity index (χ0v) is 14.6. The number of amides is 1. The molecule has 25 heavy (non-hydrogen) atoms. The molecule has 0 spiro atoms. The summed E-state index contributed by atoms with van der Waals surface area (Å²) in [5.41, 5.74) is 2.44. The second-order valence-corrected chi connectivity index (χ2v) is 6.99. The van der Waals surface area contributed by atoms with E-state index in [0.29, 0.717) is 11.7 Å². The number of nitrogens with zero attached hydrogens (tertiary/aromatic N) is 5. The van der Waals surface area contributed by atoms with Gasteiger partial charge in [-0.2, -0.15) is 5.10 Å². The lowest BCUT2D eigenvalue weighted by atomic mass is 9.97. The number of likely N-dealkylation sites (tertiary alicyclic amines) is 1. The maximum atomic E-state index is 13.2. The number of nitrogens with one attached hydrogen (secondary N) is 2. The van der Waals surface area contributed by atoms with Crippen LogP contribution in [0.3, 0.4) is 0 Å². The summed E-state index contributed by atoms with van der Waals surface area (Å²) in [4.78, 5) is 15.1. The summed E-state index contributed by atoms with van der Waals surface area (Å²) >= 11 is 0. The Kier molecular flexibility index (Phi) is 4.52. The zero-order valence-electron chi connectivity index (χ0n) is 14.6. The van der Waals surface area contributed by atoms with Gasteiger partial charge in [0.05, 0.1) is 24.0 Å². The number of aromatic nitrogens is 5. The van der Waals surface area contributed by atoms with Gasteiger partial charge in [0.15, 0.2) is 5.69 Å². The quantitative estimate of drug-likeness (QED) is 0.883. The van der Waals surface area contributed by atoms with Crippen LogP contribution in [0, 0.1) is 6.92 Å². The summed E-state index contributed by atoms with van der Waals surface area (Å²) in [6.07, 6.45) is 8.87. The molecule has 2 aromatic rings. The zero-order chi connectivity index (χ0) is 17.2. The topological polar surface area (TPSA) is 91.7 Å². The molecule has 0 bridgehead atoms. The van der Waals surface area contributed by atoms with Crippen molar-refractivity contribution in [3.05, 3.63) is 29.3 Å². The van der Waals surface area contributed by atoms with E-state index in [1.165, 1.54) is 0 Å². The van der Waals surface area contributed by atoms with Crippen molar-refractivity contribution in [1.82, 2.24) is 35.4 Å². The van der Waals surface area contributed by atoms with Gasteiger partial charge in [-0.25, -0.2) is 4.68 Å². The van der Waals surface area contributed by atoms with Crippen molar-refractivity contribution >= 4 is 5.91 Å². The van der Waals surface area contributed by atoms with E-state index in [9.17, 15) is 4.79 Å². The summed E-state index contributed by atoms with van der Waals surface area (Å²) in [7, 11) is 0. The minimum atomic E-state index is -0.0106. The number of piperidine rings is 2. The molecule has 8 nitrogen and oxygen atoms in total. The molecule has 0 aliphatic carbocycles. The minimum absolute atomic E-state index is 0.0106. The Morgan fingerprint density at radius 2 is 2.08 bits per heavy atom. The van der Waals surface area contributed by atoms with Crippen LogP contribution in [0.25, 0.3) is 0 Å². The Morgan fingerprint density at radius 3 is 2.84 bits per heavy atom. The van der Waals surface area contributed by atoms with Gasteiger partial charge >= 0.3 is 0 Å². The molecule has 4 heterocycles. The third-order valence-electron chi connectivity index (χ3n) is 5.45. The largest absolute Gasteiger partial charge is 0.330 e. The van der Waals surface area contributed by atoms with Crippen LogP contribution in [0.5, 0.6) is 0 Å². The van der Waals surface area contributed by atoms with Crippen molar-refractivity contribution in [2.75, 3.05) is 19.6 Å². The standard InChI is InChI=1S/C17H25N7O/c1-12-16(21-22-24(12)14-5-7-18-8-6-14)17(25)23-9-3-2-4-15(23)13-10-19-20-11-13/h10-11,14-15,18H,2-9H2,1H3,(H,19,20). The minimum Gasteiger partial charge on any atom is -0.330 e. The fraction of sp³-hybridized carbons (Fsp3) is 0.647. The molecule has 0 radical (unpaired) electrons. The van der Waals surface area contributed by atoms with Crippen LogP contribution in [-0.2, 0) is 0 Å². The van der Waals surface area contributed by atoms with Gasteiger partial charge in [-0.15, -0.1) is 5.10 Å². The summed E-state index contributed by atoms with van der Waals surface area (Å²) in [5, 5.41) is 18.8. The molecule has 2 aliphatic rings. The van der Waals surface area contributed by atoms with Crippen molar-refractivity contribution in [1.29, 1.82) is 0 Å². The molecule has 8 heteroatoms. The Bertz CT molecular complexity index is 717. The summed E-state index contributed by atoms with van der Waals surface area (Å²) in [6.45, 7) is 4.70. The molecule has 2 N–H and O–H groups in total. The highest BCUT2D eigenvalue weighted by molar-refractivity contribution is 5.93. The Balaban J connectivity index is 1.58. The molecule has 2 fully saturated rings. The van der Waals surface area contributed by atoms with Gasteiger partial charge in [-0.05, 0) is 52.1 Å². The highest BCUT2D eigenvalue weighted by Gasteiger charge is 2.32. The van der Waals surface area contributed by atoms with Crippen LogP contribution in [0.2, 0.25) is 0 Å². The fourth-order valence-electron chi connectivity index (χ4n) is 4.04. The molecular weight excluding hydrogens is 318 g/mol. The van der Waals surface area contributed by atoms with Crippen LogP contribution < -0.4 is 5.32 Å². The van der Waals surface area contributed by atoms with E-state index in [2.05, 4.69) is 25.8 Å². The molecule has 4 rings (SSSR count). The first-order valence-electron chi connectivity index (χ1n) is 9.18. The average molecular weight is 343 g/mol. The molecule has 0 saturated carbocycles. The maximum absolute atomic E-state index is 13.2. The third kappa shape index (κ3) is 3.06. The average Bonchev–Trinajstić information content (AvgIpc) is 3.32. The van der Waals surface area contributed by atoms with Gasteiger partial charge in [0.2, 0.25) is 0 Å². The Labute approximate surface area is 147 Å². The van der Waals surface area contributed by atoms with Crippen molar-refractivity contribution in [2.24, 2.45) is 0 Å². The van der Waals surface area contributed by atoms with Gasteiger partial charge < -0.3 is 10.2 Å². The van der Waals surface area contributed by atoms with Crippen molar-refractivity contribution in [3.63, 3.8) is 0 Å². The predicted octanol–water partition coefficient (Wildman–Crippen LogP) is 1.60. The van der Waals surface area contributed by atoms with Gasteiger partial charge in [-0.3, -0.25) is 9.89 Å². The Morgan fingerprint density at radius 1 is 1.24 bits per heavy atom. The molecule has 134 valence electrons. The van der Waals surface area contributed by atoms with Crippen molar-refractivity contribution in [3.8, 4) is 0 Å². The summed E-state index contributed by atoms with van der Waals surface area (Å²) in [5.74, 6) is -0.0106. The molecular formula is C17H25N7O. The van der Waals surface area contributed by atoms with Gasteiger partial charge in [0.1, 0.15) is 0 Å². The first-order chi connectivity index (χ1) is 12.3. The predicted molar refractivity (Wildman–Crippen MR) is 92.1 cm³/mol. The fourth-order valence-corrected chi connectivity index (χ4v) is 4.04. The van der Waals surface area contributed by atoms with Gasteiger partial charge in [0, 0.05) is 18.3 Å². The highest BCUT2D eigenvalue weighted by Crippen LogP contribution is 2.32. The smallest absolute Gasteiger partial charge is 0.276 e. The van der Waals surface area contributed by atoms with Crippen LogP contribution in [0.15, 0.2) is 12.4 Å². The molecule has 1 amide bonds. The summed E-state index contributed by atoms with van der Waals surface area (Å²) < 4.78 is 1.95. The van der Waals surface area contributed by atoms with E-state index in [4.69, 9.17) is 0 Å². The van der Waals surface area contributed by atoms with E-state index >= 15 is 0 Å². The van der Waals surface area contributed by atoms with E-state index in [-0.39, 0.29) is 11.9 Å². The van der Waals surface area contributed by atoms with Crippen LogP contribution in [0.1, 0.15) is 65.9 Å². The van der Waals surface area contributed by atoms with Crippen LogP contribution in [-0.4, -0.2) is 55.6 Å². The number of H-pyrrole nitrogens is 1. The number of hydrogen-bond acceptors (Lipinski definition) is 5. The first-order valence-corrected chi connectivity index (χ1v) is 9.18. The monoisotopic (exact) mass is 343 g/mol. The molecule has 1 atom stereocenters. The van der Waals surface area contributed by atoms with E-state index in [1.807, 2.05) is 28.9 Å². The van der Waals surface area contributed by atoms with Crippen molar-refractivity contribution < 1.29 is 4.79 Å². The van der Waals surface area contributed by atoms with Crippen molar-refractivity contribution in [2.45, 2.75) is 51.1 Å². The van der Waals surface area contributed by atoms with E-state index in [1.54, 1.807) is 0 Å². The first kappa shape index (κ1) is 16.3. The molecule has 2 aliphatic heterocycles. The number of aromatic amines is 1. The highest BCUT2D eigenvalue weighted by atomic mass is 16.2. The molecule has 1 unspecified atom stereocenters.